The number of anilines is 1. The molecular weight excluding hydrogens is 252 g/mol. The van der Waals surface area contributed by atoms with E-state index in [1.54, 1.807) is 18.2 Å². The number of carboxylic acid groups (broad SMARTS) is 1. The van der Waals surface area contributed by atoms with E-state index in [1.807, 2.05) is 0 Å². The van der Waals surface area contributed by atoms with Gasteiger partial charge in [0.1, 0.15) is 0 Å². The van der Waals surface area contributed by atoms with E-state index in [-0.39, 0.29) is 5.56 Å². The summed E-state index contributed by atoms with van der Waals surface area (Å²) in [5.41, 5.74) is 0.940. The maximum absolute atomic E-state index is 11.2. The van der Waals surface area contributed by atoms with Crippen molar-refractivity contribution in [3.05, 3.63) is 28.8 Å². The fourth-order valence-electron chi connectivity index (χ4n) is 2.30. The molecule has 0 amide bonds. The third-order valence-electron chi connectivity index (χ3n) is 3.35. The van der Waals surface area contributed by atoms with E-state index in [1.165, 1.54) is 0 Å². The van der Waals surface area contributed by atoms with Crippen molar-refractivity contribution >= 4 is 23.3 Å². The van der Waals surface area contributed by atoms with Gasteiger partial charge in [0, 0.05) is 26.2 Å². The third kappa shape index (κ3) is 2.60. The minimum atomic E-state index is -0.926. The van der Waals surface area contributed by atoms with Crippen molar-refractivity contribution in [1.82, 2.24) is 4.90 Å². The number of carbonyl (C=O) groups is 1. The molecule has 4 nitrogen and oxygen atoms in total. The van der Waals surface area contributed by atoms with Crippen molar-refractivity contribution < 1.29 is 9.90 Å². The summed E-state index contributed by atoms with van der Waals surface area (Å²) in [5, 5.41) is 9.74. The molecule has 1 aliphatic heterocycles. The lowest BCUT2D eigenvalue weighted by atomic mass is 10.1. The Kier molecular flexibility index (Phi) is 4.09. The monoisotopic (exact) mass is 268 g/mol. The van der Waals surface area contributed by atoms with Crippen molar-refractivity contribution in [2.45, 2.75) is 6.92 Å². The number of piperazine rings is 1. The molecule has 0 radical (unpaired) electrons. The van der Waals surface area contributed by atoms with Crippen LogP contribution in [0.4, 0.5) is 5.69 Å². The second kappa shape index (κ2) is 5.59. The summed E-state index contributed by atoms with van der Waals surface area (Å²) in [6.07, 6.45) is 0. The van der Waals surface area contributed by atoms with Gasteiger partial charge in [-0.3, -0.25) is 0 Å². The summed E-state index contributed by atoms with van der Waals surface area (Å²) >= 11 is 6.16. The highest BCUT2D eigenvalue weighted by molar-refractivity contribution is 6.34. The number of nitrogens with zero attached hydrogens (tertiary/aromatic N) is 2. The third-order valence-corrected chi connectivity index (χ3v) is 3.66. The van der Waals surface area contributed by atoms with Gasteiger partial charge in [0.25, 0.3) is 0 Å². The van der Waals surface area contributed by atoms with E-state index >= 15 is 0 Å². The number of para-hydroxylation sites is 1. The first-order valence-electron chi connectivity index (χ1n) is 6.12. The van der Waals surface area contributed by atoms with Gasteiger partial charge in [-0.1, -0.05) is 24.6 Å². The number of carboxylic acids is 1. The van der Waals surface area contributed by atoms with Crippen LogP contribution >= 0.6 is 11.6 Å². The Morgan fingerprint density at radius 3 is 2.56 bits per heavy atom. The van der Waals surface area contributed by atoms with Gasteiger partial charge < -0.3 is 14.9 Å². The molecule has 0 spiro atoms. The van der Waals surface area contributed by atoms with Gasteiger partial charge in [0.15, 0.2) is 0 Å². The van der Waals surface area contributed by atoms with Gasteiger partial charge in [-0.15, -0.1) is 0 Å². The SMILES string of the molecule is CCN1CCN(c2c(Cl)cccc2C(=O)O)CC1. The molecule has 1 N–H and O–H groups in total. The maximum atomic E-state index is 11.2. The molecule has 0 unspecified atom stereocenters. The average Bonchev–Trinajstić information content (AvgIpc) is 2.38. The second-order valence-corrected chi connectivity index (χ2v) is 4.77. The van der Waals surface area contributed by atoms with Crippen LogP contribution in [-0.4, -0.2) is 48.7 Å². The van der Waals surface area contributed by atoms with Gasteiger partial charge in [0.05, 0.1) is 16.3 Å². The first-order valence-corrected chi connectivity index (χ1v) is 6.50. The molecular formula is C13H17ClN2O2. The Labute approximate surface area is 112 Å². The van der Waals surface area contributed by atoms with Gasteiger partial charge >= 0.3 is 5.97 Å². The van der Waals surface area contributed by atoms with E-state index in [0.717, 1.165) is 32.7 Å². The van der Waals surface area contributed by atoms with Crippen molar-refractivity contribution in [2.24, 2.45) is 0 Å². The Morgan fingerprint density at radius 1 is 1.33 bits per heavy atom. The van der Waals surface area contributed by atoms with Crippen LogP contribution in [0, 0.1) is 0 Å². The number of halogens is 1. The molecule has 0 bridgehead atoms. The number of hydrogen-bond donors (Lipinski definition) is 1. The van der Waals surface area contributed by atoms with Gasteiger partial charge in [-0.05, 0) is 18.7 Å². The minimum absolute atomic E-state index is 0.285. The molecule has 98 valence electrons. The molecule has 1 aromatic carbocycles. The predicted molar refractivity (Wildman–Crippen MR) is 72.7 cm³/mol. The largest absolute Gasteiger partial charge is 0.478 e. The fraction of sp³-hybridized carbons (Fsp3) is 0.462. The van der Waals surface area contributed by atoms with Crippen LogP contribution in [-0.2, 0) is 0 Å². The maximum Gasteiger partial charge on any atom is 0.337 e. The summed E-state index contributed by atoms with van der Waals surface area (Å²) in [6.45, 7) is 6.69. The van der Waals surface area contributed by atoms with Crippen LogP contribution < -0.4 is 4.90 Å². The normalized spacial score (nSPS) is 16.9. The van der Waals surface area contributed by atoms with Crippen LogP contribution in [0.2, 0.25) is 5.02 Å². The van der Waals surface area contributed by atoms with Crippen molar-refractivity contribution in [3.63, 3.8) is 0 Å². The zero-order valence-electron chi connectivity index (χ0n) is 10.4. The number of likely N-dealkylation sites (N-methyl/N-ethyl adjacent to an activating group) is 1. The molecule has 1 aliphatic rings. The van der Waals surface area contributed by atoms with Crippen LogP contribution in [0.15, 0.2) is 18.2 Å². The van der Waals surface area contributed by atoms with E-state index in [2.05, 4.69) is 16.7 Å². The van der Waals surface area contributed by atoms with Gasteiger partial charge in [-0.2, -0.15) is 0 Å². The highest BCUT2D eigenvalue weighted by Gasteiger charge is 2.22. The zero-order valence-corrected chi connectivity index (χ0v) is 11.2. The van der Waals surface area contributed by atoms with Crippen LogP contribution in [0.25, 0.3) is 0 Å². The van der Waals surface area contributed by atoms with Crippen LogP contribution in [0.1, 0.15) is 17.3 Å². The summed E-state index contributed by atoms with van der Waals surface area (Å²) in [5.74, 6) is -0.926. The average molecular weight is 269 g/mol. The second-order valence-electron chi connectivity index (χ2n) is 4.36. The summed E-state index contributed by atoms with van der Waals surface area (Å²) in [6, 6.07) is 5.03. The molecule has 2 rings (SSSR count). The predicted octanol–water partition coefficient (Wildman–Crippen LogP) is 2.18. The number of rotatable bonds is 3. The van der Waals surface area contributed by atoms with Crippen molar-refractivity contribution in [1.29, 1.82) is 0 Å². The quantitative estimate of drug-likeness (QED) is 0.913. The first kappa shape index (κ1) is 13.2. The molecule has 1 fully saturated rings. The Bertz CT molecular complexity index is 443. The Morgan fingerprint density at radius 2 is 2.00 bits per heavy atom. The first-order chi connectivity index (χ1) is 8.63. The highest BCUT2D eigenvalue weighted by Crippen LogP contribution is 2.30. The molecule has 0 saturated carbocycles. The molecule has 0 atom stereocenters. The molecule has 1 aromatic rings. The fourth-order valence-corrected chi connectivity index (χ4v) is 2.59. The van der Waals surface area contributed by atoms with Crippen molar-refractivity contribution in [3.8, 4) is 0 Å². The lowest BCUT2D eigenvalue weighted by molar-refractivity contribution is 0.0697. The topological polar surface area (TPSA) is 43.8 Å². The molecule has 5 heteroatoms. The van der Waals surface area contributed by atoms with Crippen LogP contribution in [0.5, 0.6) is 0 Å². The Balaban J connectivity index is 2.26. The van der Waals surface area contributed by atoms with Gasteiger partial charge in [-0.25, -0.2) is 4.79 Å². The number of hydrogen-bond acceptors (Lipinski definition) is 3. The van der Waals surface area contributed by atoms with Crippen molar-refractivity contribution in [2.75, 3.05) is 37.6 Å². The molecule has 0 aliphatic carbocycles. The zero-order chi connectivity index (χ0) is 13.1. The lowest BCUT2D eigenvalue weighted by Gasteiger charge is -2.36. The van der Waals surface area contributed by atoms with E-state index in [0.29, 0.717) is 10.7 Å². The summed E-state index contributed by atoms with van der Waals surface area (Å²) in [4.78, 5) is 15.6. The standard InChI is InChI=1S/C13H17ClN2O2/c1-2-15-6-8-16(9-7-15)12-10(13(17)18)4-3-5-11(12)14/h3-5H,2,6-9H2,1H3,(H,17,18). The highest BCUT2D eigenvalue weighted by atomic mass is 35.5. The van der Waals surface area contributed by atoms with Gasteiger partial charge in [0.2, 0.25) is 0 Å². The minimum Gasteiger partial charge on any atom is -0.478 e. The smallest absolute Gasteiger partial charge is 0.337 e. The molecule has 1 heterocycles. The summed E-state index contributed by atoms with van der Waals surface area (Å²) in [7, 11) is 0. The molecule has 1 saturated heterocycles. The van der Waals surface area contributed by atoms with E-state index < -0.39 is 5.97 Å². The van der Waals surface area contributed by atoms with Crippen LogP contribution in [0.3, 0.4) is 0 Å². The number of aromatic carboxylic acids is 1. The van der Waals surface area contributed by atoms with E-state index in [9.17, 15) is 9.90 Å². The summed E-state index contributed by atoms with van der Waals surface area (Å²) < 4.78 is 0. The lowest BCUT2D eigenvalue weighted by Crippen LogP contribution is -2.46. The number of benzene rings is 1. The van der Waals surface area contributed by atoms with E-state index in [4.69, 9.17) is 11.6 Å². The Hall–Kier alpha value is -1.26. The molecule has 0 aromatic heterocycles. The molecule has 18 heavy (non-hydrogen) atoms.